The van der Waals surface area contributed by atoms with E-state index >= 15 is 0 Å². The molecule has 7 nitrogen and oxygen atoms in total. The predicted octanol–water partition coefficient (Wildman–Crippen LogP) is 2.62. The molecule has 4 rings (SSSR count). The first-order valence-corrected chi connectivity index (χ1v) is 11.4. The Morgan fingerprint density at radius 2 is 2.03 bits per heavy atom. The average Bonchev–Trinajstić information content (AvgIpc) is 3.33. The van der Waals surface area contributed by atoms with Crippen LogP contribution in [-0.2, 0) is 9.53 Å². The Labute approximate surface area is 179 Å². The summed E-state index contributed by atoms with van der Waals surface area (Å²) >= 11 is 0. The molecule has 0 N–H and O–H groups in total. The van der Waals surface area contributed by atoms with Gasteiger partial charge in [-0.25, -0.2) is 0 Å². The van der Waals surface area contributed by atoms with Crippen LogP contribution in [0.4, 0.5) is 0 Å². The van der Waals surface area contributed by atoms with E-state index in [1.807, 2.05) is 11.8 Å². The lowest BCUT2D eigenvalue weighted by atomic mass is 9.70. The minimum Gasteiger partial charge on any atom is -0.425 e. The molecule has 1 aromatic heterocycles. The number of rotatable bonds is 6. The van der Waals surface area contributed by atoms with Crippen LogP contribution in [0, 0.1) is 30.6 Å². The predicted molar refractivity (Wildman–Crippen MR) is 113 cm³/mol. The van der Waals surface area contributed by atoms with Gasteiger partial charge in [0, 0.05) is 65.7 Å². The van der Waals surface area contributed by atoms with Gasteiger partial charge in [0.05, 0.1) is 5.92 Å². The number of piperidine rings is 1. The van der Waals surface area contributed by atoms with Crippen LogP contribution in [0.3, 0.4) is 0 Å². The van der Waals surface area contributed by atoms with Gasteiger partial charge in [-0.05, 0) is 43.4 Å². The Bertz CT molecular complexity index is 757. The van der Waals surface area contributed by atoms with Crippen LogP contribution in [0.15, 0.2) is 4.42 Å². The molecule has 1 amide bonds. The lowest BCUT2D eigenvalue weighted by molar-refractivity contribution is -0.133. The second-order valence-electron chi connectivity index (χ2n) is 9.26. The third-order valence-electron chi connectivity index (χ3n) is 7.24. The first kappa shape index (κ1) is 21.3. The number of carbonyl (C=O) groups is 1. The summed E-state index contributed by atoms with van der Waals surface area (Å²) in [5.74, 6) is 5.22. The van der Waals surface area contributed by atoms with Gasteiger partial charge in [-0.15, -0.1) is 22.5 Å². The molecule has 0 bridgehead atoms. The summed E-state index contributed by atoms with van der Waals surface area (Å²) in [4.78, 5) is 17.2. The maximum atomic E-state index is 12.6. The Kier molecular flexibility index (Phi) is 6.74. The Morgan fingerprint density at radius 1 is 1.27 bits per heavy atom. The number of hydrogen-bond donors (Lipinski definition) is 0. The number of nitrogens with zero attached hydrogens (tertiary/aromatic N) is 4. The Balaban J connectivity index is 1.42. The van der Waals surface area contributed by atoms with E-state index in [2.05, 4.69) is 21.0 Å². The molecule has 1 unspecified atom stereocenters. The number of hydrogen-bond acceptors (Lipinski definition) is 6. The van der Waals surface area contributed by atoms with Gasteiger partial charge < -0.3 is 19.0 Å². The molecule has 1 aromatic rings. The largest absolute Gasteiger partial charge is 0.425 e. The fourth-order valence-electron chi connectivity index (χ4n) is 5.51. The summed E-state index contributed by atoms with van der Waals surface area (Å²) in [6.45, 7) is 8.37. The average molecular weight is 415 g/mol. The van der Waals surface area contributed by atoms with Gasteiger partial charge in [0.2, 0.25) is 17.7 Å². The first-order valence-electron chi connectivity index (χ1n) is 11.4. The van der Waals surface area contributed by atoms with Crippen molar-refractivity contribution in [2.45, 2.75) is 57.8 Å². The van der Waals surface area contributed by atoms with Crippen molar-refractivity contribution in [2.24, 2.45) is 11.3 Å². The molecule has 3 saturated heterocycles. The van der Waals surface area contributed by atoms with Gasteiger partial charge in [-0.2, -0.15) is 0 Å². The molecule has 1 spiro atoms. The smallest absolute Gasteiger partial charge is 0.222 e. The molecule has 4 heterocycles. The molecule has 0 radical (unpaired) electrons. The molecule has 3 aliphatic rings. The molecular weight excluding hydrogens is 380 g/mol. The van der Waals surface area contributed by atoms with Gasteiger partial charge in [0.15, 0.2) is 0 Å². The van der Waals surface area contributed by atoms with Crippen LogP contribution >= 0.6 is 0 Å². The van der Waals surface area contributed by atoms with E-state index in [0.29, 0.717) is 24.7 Å². The van der Waals surface area contributed by atoms with E-state index in [9.17, 15) is 4.79 Å². The van der Waals surface area contributed by atoms with Crippen molar-refractivity contribution in [1.29, 1.82) is 0 Å². The number of aryl methyl sites for hydroxylation is 1. The Hall–Kier alpha value is -1.91. The van der Waals surface area contributed by atoms with Crippen LogP contribution in [0.2, 0.25) is 0 Å². The van der Waals surface area contributed by atoms with Crippen LogP contribution in [-0.4, -0.2) is 71.8 Å². The molecule has 30 heavy (non-hydrogen) atoms. The maximum Gasteiger partial charge on any atom is 0.222 e. The third-order valence-corrected chi connectivity index (χ3v) is 7.24. The molecule has 0 aromatic carbocycles. The van der Waals surface area contributed by atoms with Crippen LogP contribution in [0.5, 0.6) is 0 Å². The number of terminal acetylenes is 1. The van der Waals surface area contributed by atoms with Crippen molar-refractivity contribution in [3.05, 3.63) is 11.8 Å². The van der Waals surface area contributed by atoms with Gasteiger partial charge in [0.25, 0.3) is 0 Å². The minimum atomic E-state index is 0.111. The summed E-state index contributed by atoms with van der Waals surface area (Å²) in [7, 11) is 0. The highest BCUT2D eigenvalue weighted by Crippen LogP contribution is 2.49. The number of ether oxygens (including phenoxy) is 1. The Morgan fingerprint density at radius 3 is 2.70 bits per heavy atom. The fourth-order valence-corrected chi connectivity index (χ4v) is 5.51. The number of aromatic nitrogens is 2. The first-order chi connectivity index (χ1) is 14.6. The van der Waals surface area contributed by atoms with E-state index in [1.165, 1.54) is 0 Å². The molecule has 7 heteroatoms. The summed E-state index contributed by atoms with van der Waals surface area (Å²) in [5.41, 5.74) is 0.111. The quantitative estimate of drug-likeness (QED) is 0.526. The summed E-state index contributed by atoms with van der Waals surface area (Å²) < 4.78 is 11.4. The van der Waals surface area contributed by atoms with Gasteiger partial charge >= 0.3 is 0 Å². The van der Waals surface area contributed by atoms with Crippen LogP contribution < -0.4 is 0 Å². The zero-order chi connectivity index (χ0) is 21.0. The monoisotopic (exact) mass is 414 g/mol. The topological polar surface area (TPSA) is 71.7 Å². The maximum absolute atomic E-state index is 12.6. The van der Waals surface area contributed by atoms with E-state index in [0.717, 1.165) is 83.9 Å². The van der Waals surface area contributed by atoms with Crippen molar-refractivity contribution >= 4 is 5.91 Å². The fraction of sp³-hybridized carbons (Fsp3) is 0.783. The molecule has 0 aliphatic carbocycles. The third kappa shape index (κ3) is 4.70. The number of carbonyl (C=O) groups excluding carboxylic acids is 1. The van der Waals surface area contributed by atoms with E-state index in [4.69, 9.17) is 15.6 Å². The second kappa shape index (κ2) is 9.49. The number of amides is 1. The molecule has 3 aliphatic heterocycles. The van der Waals surface area contributed by atoms with Crippen LogP contribution in [0.25, 0.3) is 0 Å². The molecule has 3 fully saturated rings. The zero-order valence-electron chi connectivity index (χ0n) is 18.1. The zero-order valence-corrected chi connectivity index (χ0v) is 18.1. The summed E-state index contributed by atoms with van der Waals surface area (Å²) in [6, 6.07) is 0. The van der Waals surface area contributed by atoms with Crippen molar-refractivity contribution in [3.8, 4) is 12.3 Å². The molecule has 0 saturated carbocycles. The van der Waals surface area contributed by atoms with Crippen molar-refractivity contribution in [1.82, 2.24) is 20.0 Å². The van der Waals surface area contributed by atoms with Crippen LogP contribution in [0.1, 0.15) is 62.6 Å². The van der Waals surface area contributed by atoms with E-state index in [-0.39, 0.29) is 17.2 Å². The summed E-state index contributed by atoms with van der Waals surface area (Å²) in [5, 5.41) is 8.50. The minimum absolute atomic E-state index is 0.111. The highest BCUT2D eigenvalue weighted by molar-refractivity contribution is 5.76. The van der Waals surface area contributed by atoms with Crippen molar-refractivity contribution < 1.29 is 13.9 Å². The highest BCUT2D eigenvalue weighted by atomic mass is 16.5. The van der Waals surface area contributed by atoms with Gasteiger partial charge in [0.1, 0.15) is 0 Å². The van der Waals surface area contributed by atoms with Crippen molar-refractivity contribution in [2.75, 3.05) is 45.9 Å². The highest BCUT2D eigenvalue weighted by Gasteiger charge is 2.51. The normalized spacial score (nSPS) is 24.9. The van der Waals surface area contributed by atoms with Gasteiger partial charge in [-0.1, -0.05) is 0 Å². The van der Waals surface area contributed by atoms with E-state index in [1.54, 1.807) is 0 Å². The van der Waals surface area contributed by atoms with E-state index < -0.39 is 0 Å². The standard InChI is InChI=1S/C23H34N4O3/c1-3-4-5-6-21(28)27-11-9-23(10-12-27)17-26(15-19-7-13-29-14-8-19)16-20(23)22-25-24-18(2)30-22/h1,19-20H,4-17H2,2H3. The molecular formula is C23H34N4O3. The SMILES string of the molecule is C#CCCCC(=O)N1CCC2(CC1)CN(CC1CCOCC1)CC2c1nnc(C)o1. The number of likely N-dealkylation sites (tertiary alicyclic amines) is 2. The second-order valence-corrected chi connectivity index (χ2v) is 9.26. The molecule has 1 atom stereocenters. The lowest BCUT2D eigenvalue weighted by Gasteiger charge is -2.42. The lowest BCUT2D eigenvalue weighted by Crippen LogP contribution is -2.46. The van der Waals surface area contributed by atoms with Gasteiger partial charge in [-0.3, -0.25) is 4.79 Å². The molecule has 164 valence electrons. The van der Waals surface area contributed by atoms with Crippen molar-refractivity contribution in [3.63, 3.8) is 0 Å². The number of unbranched alkanes of at least 4 members (excludes halogenated alkanes) is 1. The summed E-state index contributed by atoms with van der Waals surface area (Å²) in [6.07, 6.45) is 11.6.